The van der Waals surface area contributed by atoms with Gasteiger partial charge in [0, 0.05) is 16.5 Å². The van der Waals surface area contributed by atoms with Crippen molar-refractivity contribution in [2.75, 3.05) is 6.61 Å². The largest absolute Gasteiger partial charge is 1.00 e. The van der Waals surface area contributed by atoms with E-state index in [2.05, 4.69) is 11.9 Å². The number of carbonyl (C=O) groups excluding carboxylic acids is 1. The predicted octanol–water partition coefficient (Wildman–Crippen LogP) is 2.25. The average Bonchev–Trinajstić information content (AvgIpc) is 2.79. The quantitative estimate of drug-likeness (QED) is 0.329. The van der Waals surface area contributed by atoms with Crippen molar-refractivity contribution in [1.82, 2.24) is 4.98 Å². The van der Waals surface area contributed by atoms with Crippen molar-refractivity contribution in [3.05, 3.63) is 84.2 Å². The van der Waals surface area contributed by atoms with E-state index in [9.17, 15) is 14.3 Å². The number of pyridine rings is 1. The fourth-order valence-electron chi connectivity index (χ4n) is 3.49. The monoisotopic (exact) mass is 437 g/mol. The van der Waals surface area contributed by atoms with Gasteiger partial charge in [-0.1, -0.05) is 49.7 Å². The molecule has 0 aliphatic heterocycles. The van der Waals surface area contributed by atoms with Gasteiger partial charge in [-0.05, 0) is 53.9 Å². The number of hydrogen-bond donors (Lipinski definition) is 0. The van der Waals surface area contributed by atoms with Crippen molar-refractivity contribution in [1.29, 1.82) is 0 Å². The average molecular weight is 437 g/mol. The Morgan fingerprint density at radius 1 is 1.00 bits per heavy atom. The summed E-state index contributed by atoms with van der Waals surface area (Å²) in [7, 11) is 0. The summed E-state index contributed by atoms with van der Waals surface area (Å²) in [4.78, 5) is 16.3. The normalized spacial score (nSPS) is 10.6. The molecular formula is C26H21FNNaO3. The van der Waals surface area contributed by atoms with Crippen molar-refractivity contribution >= 4 is 16.9 Å². The van der Waals surface area contributed by atoms with E-state index in [0.29, 0.717) is 29.1 Å². The van der Waals surface area contributed by atoms with Crippen molar-refractivity contribution < 1.29 is 48.6 Å². The van der Waals surface area contributed by atoms with Crippen LogP contribution in [0.3, 0.4) is 0 Å². The van der Waals surface area contributed by atoms with Crippen LogP contribution in [-0.2, 0) is 0 Å². The summed E-state index contributed by atoms with van der Waals surface area (Å²) < 4.78 is 19.7. The van der Waals surface area contributed by atoms with Gasteiger partial charge in [0.05, 0.1) is 23.8 Å². The summed E-state index contributed by atoms with van der Waals surface area (Å²) >= 11 is 0. The molecule has 0 unspecified atom stereocenters. The van der Waals surface area contributed by atoms with Crippen molar-refractivity contribution in [2.45, 2.75) is 19.8 Å². The molecule has 32 heavy (non-hydrogen) atoms. The van der Waals surface area contributed by atoms with Crippen LogP contribution >= 0.6 is 0 Å². The molecular weight excluding hydrogens is 416 g/mol. The Balaban J connectivity index is 0.00000289. The van der Waals surface area contributed by atoms with E-state index in [-0.39, 0.29) is 40.5 Å². The summed E-state index contributed by atoms with van der Waals surface area (Å²) in [5.74, 6) is -1.29. The first-order valence-electron chi connectivity index (χ1n) is 10.2. The molecule has 0 saturated carbocycles. The van der Waals surface area contributed by atoms with E-state index >= 15 is 0 Å². The van der Waals surface area contributed by atoms with Crippen LogP contribution in [0, 0.1) is 5.82 Å². The zero-order valence-corrected chi connectivity index (χ0v) is 20.1. The van der Waals surface area contributed by atoms with Gasteiger partial charge in [0.15, 0.2) is 0 Å². The van der Waals surface area contributed by atoms with Gasteiger partial charge in [-0.3, -0.25) is 0 Å². The molecule has 4 rings (SSSR count). The number of nitrogens with zero attached hydrogens (tertiary/aromatic N) is 1. The molecule has 0 fully saturated rings. The zero-order chi connectivity index (χ0) is 21.8. The minimum Gasteiger partial charge on any atom is -0.545 e. The summed E-state index contributed by atoms with van der Waals surface area (Å²) in [6, 6.07) is 21.0. The van der Waals surface area contributed by atoms with Crippen molar-refractivity contribution in [3.63, 3.8) is 0 Å². The van der Waals surface area contributed by atoms with E-state index in [0.717, 1.165) is 30.0 Å². The number of aromatic carboxylic acids is 1. The summed E-state index contributed by atoms with van der Waals surface area (Å²) in [5.41, 5.74) is 3.41. The third kappa shape index (κ3) is 5.18. The van der Waals surface area contributed by atoms with Crippen LogP contribution in [0.5, 0.6) is 5.75 Å². The molecule has 6 heteroatoms. The second-order valence-corrected chi connectivity index (χ2v) is 7.28. The number of hydrogen-bond acceptors (Lipinski definition) is 4. The topological polar surface area (TPSA) is 62.2 Å². The third-order valence-corrected chi connectivity index (χ3v) is 5.11. The number of unbranched alkanes of at least 4 members (excludes halogenated alkanes) is 1. The SMILES string of the molecule is CCCCOc1cc(-c2ccccc2)ccc1-c1cc(C(=O)[O-])c2cc(F)ccc2n1.[Na+]. The summed E-state index contributed by atoms with van der Waals surface area (Å²) in [6.45, 7) is 2.62. The molecule has 156 valence electrons. The molecule has 0 aliphatic carbocycles. The number of halogens is 1. The van der Waals surface area contributed by atoms with Gasteiger partial charge in [-0.15, -0.1) is 0 Å². The molecule has 4 nitrogen and oxygen atoms in total. The van der Waals surface area contributed by atoms with Gasteiger partial charge >= 0.3 is 29.6 Å². The van der Waals surface area contributed by atoms with Crippen molar-refractivity contribution in [2.24, 2.45) is 0 Å². The minimum atomic E-state index is -1.38. The first-order chi connectivity index (χ1) is 15.1. The van der Waals surface area contributed by atoms with E-state index in [1.807, 2.05) is 48.5 Å². The fraction of sp³-hybridized carbons (Fsp3) is 0.154. The number of fused-ring (bicyclic) bond motifs is 1. The number of carboxylic acids is 1. The Morgan fingerprint density at radius 2 is 1.78 bits per heavy atom. The smallest absolute Gasteiger partial charge is 0.545 e. The van der Waals surface area contributed by atoms with Crippen LogP contribution in [0.2, 0.25) is 0 Å². The number of rotatable bonds is 7. The van der Waals surface area contributed by atoms with Crippen LogP contribution in [0.25, 0.3) is 33.3 Å². The van der Waals surface area contributed by atoms with E-state index in [4.69, 9.17) is 4.74 Å². The Hall–Kier alpha value is -2.73. The first-order valence-corrected chi connectivity index (χ1v) is 10.2. The second-order valence-electron chi connectivity index (χ2n) is 7.28. The van der Waals surface area contributed by atoms with Gasteiger partial charge in [0.2, 0.25) is 0 Å². The third-order valence-electron chi connectivity index (χ3n) is 5.11. The molecule has 0 amide bonds. The number of benzene rings is 3. The Morgan fingerprint density at radius 3 is 2.50 bits per heavy atom. The van der Waals surface area contributed by atoms with Gasteiger partial charge in [-0.25, -0.2) is 9.37 Å². The molecule has 3 aromatic carbocycles. The Labute approximate surface area is 208 Å². The fourth-order valence-corrected chi connectivity index (χ4v) is 3.49. The maximum atomic E-state index is 13.7. The Bertz CT molecular complexity index is 1240. The van der Waals surface area contributed by atoms with E-state index in [1.54, 1.807) is 0 Å². The van der Waals surface area contributed by atoms with Gasteiger partial charge in [0.25, 0.3) is 0 Å². The van der Waals surface area contributed by atoms with Crippen molar-refractivity contribution in [3.8, 4) is 28.1 Å². The first kappa shape index (κ1) is 23.9. The van der Waals surface area contributed by atoms with Gasteiger partial charge in [-0.2, -0.15) is 0 Å². The molecule has 0 saturated heterocycles. The van der Waals surface area contributed by atoms with Gasteiger partial charge in [0.1, 0.15) is 11.6 Å². The van der Waals surface area contributed by atoms with E-state index in [1.165, 1.54) is 18.2 Å². The predicted molar refractivity (Wildman–Crippen MR) is 117 cm³/mol. The summed E-state index contributed by atoms with van der Waals surface area (Å²) in [5, 5.41) is 12.0. The number of carbonyl (C=O) groups is 1. The number of carboxylic acid groups (broad SMARTS) is 1. The van der Waals surface area contributed by atoms with E-state index < -0.39 is 11.8 Å². The molecule has 4 aromatic rings. The van der Waals surface area contributed by atoms with Crippen LogP contribution < -0.4 is 39.4 Å². The van der Waals surface area contributed by atoms with Crippen LogP contribution in [-0.4, -0.2) is 17.6 Å². The molecule has 0 radical (unpaired) electrons. The number of ether oxygens (including phenoxy) is 1. The molecule has 0 bridgehead atoms. The minimum absolute atomic E-state index is 0. The molecule has 0 atom stereocenters. The molecule has 0 N–H and O–H groups in total. The zero-order valence-electron chi connectivity index (χ0n) is 18.1. The maximum absolute atomic E-state index is 13.7. The molecule has 1 heterocycles. The molecule has 1 aromatic heterocycles. The molecule has 0 aliphatic rings. The standard InChI is InChI=1S/C26H22FNO3.Na/c1-2-3-13-31-25-14-18(17-7-5-4-6-8-17)9-11-20(25)24-16-22(26(29)30)21-15-19(27)10-12-23(21)28-24;/h4-12,14-16H,2-3,13H2,1H3,(H,29,30);/q;+1/p-1. The van der Waals surface area contributed by atoms with Crippen LogP contribution in [0.1, 0.15) is 30.1 Å². The number of aromatic nitrogens is 1. The van der Waals surface area contributed by atoms with Crippen LogP contribution in [0.4, 0.5) is 4.39 Å². The summed E-state index contributed by atoms with van der Waals surface area (Å²) in [6.07, 6.45) is 1.88. The Kier molecular flexibility index (Phi) is 8.02. The van der Waals surface area contributed by atoms with Crippen LogP contribution in [0.15, 0.2) is 72.8 Å². The van der Waals surface area contributed by atoms with Gasteiger partial charge < -0.3 is 14.6 Å². The molecule has 0 spiro atoms. The second kappa shape index (κ2) is 10.7. The maximum Gasteiger partial charge on any atom is 1.00 e.